The molecule has 8 nitrogen and oxygen atoms in total. The summed E-state index contributed by atoms with van der Waals surface area (Å²) in [6, 6.07) is 6.83. The first-order valence-corrected chi connectivity index (χ1v) is 14.8. The van der Waals surface area contributed by atoms with Crippen molar-refractivity contribution in [1.29, 1.82) is 0 Å². The topological polar surface area (TPSA) is 101 Å². The monoisotopic (exact) mass is 552 g/mol. The van der Waals surface area contributed by atoms with Gasteiger partial charge in [0.15, 0.2) is 0 Å². The molecule has 1 aliphatic carbocycles. The maximum atomic E-state index is 14.4. The summed E-state index contributed by atoms with van der Waals surface area (Å²) >= 11 is 0. The van der Waals surface area contributed by atoms with E-state index in [1.54, 1.807) is 13.8 Å². The highest BCUT2D eigenvalue weighted by Crippen LogP contribution is 2.35. The molecule has 2 aromatic carbocycles. The van der Waals surface area contributed by atoms with Crippen LogP contribution in [-0.4, -0.2) is 43.1 Å². The summed E-state index contributed by atoms with van der Waals surface area (Å²) in [6.07, 6.45) is 6.49. The predicted octanol–water partition coefficient (Wildman–Crippen LogP) is 5.06. The second-order valence-corrected chi connectivity index (χ2v) is 12.3. The van der Waals surface area contributed by atoms with Crippen LogP contribution in [0, 0.1) is 27.7 Å². The van der Waals surface area contributed by atoms with Crippen molar-refractivity contribution in [2.75, 3.05) is 11.4 Å². The Morgan fingerprint density at radius 1 is 1.03 bits per heavy atom. The molecule has 1 heterocycles. The van der Waals surface area contributed by atoms with Crippen LogP contribution in [0.3, 0.4) is 0 Å². The summed E-state index contributed by atoms with van der Waals surface area (Å²) in [5.41, 5.74) is 4.49. The van der Waals surface area contributed by atoms with E-state index in [0.717, 1.165) is 41.7 Å². The minimum absolute atomic E-state index is 0.114. The lowest BCUT2D eigenvalue weighted by atomic mass is 9.97. The van der Waals surface area contributed by atoms with Crippen LogP contribution in [0.5, 0.6) is 5.75 Å². The van der Waals surface area contributed by atoms with Crippen molar-refractivity contribution in [3.05, 3.63) is 64.2 Å². The first kappa shape index (κ1) is 28.7. The van der Waals surface area contributed by atoms with E-state index >= 15 is 0 Å². The number of carbonyl (C=O) groups is 3. The van der Waals surface area contributed by atoms with Crippen molar-refractivity contribution in [3.8, 4) is 5.75 Å². The minimum Gasteiger partial charge on any atom is -0.427 e. The molecule has 1 fully saturated rings. The van der Waals surface area contributed by atoms with Crippen molar-refractivity contribution in [2.24, 2.45) is 0 Å². The Morgan fingerprint density at radius 2 is 1.67 bits per heavy atom. The molecule has 0 aromatic heterocycles. The fourth-order valence-electron chi connectivity index (χ4n) is 5.46. The Labute approximate surface area is 230 Å². The number of hydrogen-bond donors (Lipinski definition) is 0. The number of aryl methyl sites for hydroxylation is 2. The molecule has 0 N–H and O–H groups in total. The number of imide groups is 1. The molecular weight excluding hydrogens is 516 g/mol. The molecule has 1 unspecified atom stereocenters. The number of sulfonamides is 1. The van der Waals surface area contributed by atoms with Gasteiger partial charge in [-0.25, -0.2) is 13.3 Å². The molecule has 2 amide bonds. The first-order valence-electron chi connectivity index (χ1n) is 13.3. The van der Waals surface area contributed by atoms with E-state index in [2.05, 4.69) is 6.08 Å². The van der Waals surface area contributed by atoms with Gasteiger partial charge in [0.2, 0.25) is 15.9 Å². The zero-order valence-electron chi connectivity index (χ0n) is 23.2. The maximum absolute atomic E-state index is 14.4. The molecule has 1 atom stereocenters. The third-order valence-electron chi connectivity index (χ3n) is 7.73. The number of ether oxygens (including phenoxy) is 1. The van der Waals surface area contributed by atoms with Crippen molar-refractivity contribution < 1.29 is 27.5 Å². The third kappa shape index (κ3) is 5.84. The molecule has 2 aliphatic rings. The Bertz CT molecular complexity index is 1420. The van der Waals surface area contributed by atoms with Crippen LogP contribution < -0.4 is 9.64 Å². The number of esters is 1. The van der Waals surface area contributed by atoms with Crippen molar-refractivity contribution in [3.63, 3.8) is 0 Å². The van der Waals surface area contributed by atoms with Gasteiger partial charge in [-0.05, 0) is 106 Å². The van der Waals surface area contributed by atoms with Crippen LogP contribution in [0.15, 0.2) is 46.9 Å². The number of nitrogens with zero attached hydrogens (tertiary/aromatic N) is 2. The van der Waals surface area contributed by atoms with Crippen molar-refractivity contribution in [1.82, 2.24) is 4.31 Å². The van der Waals surface area contributed by atoms with Gasteiger partial charge in [0, 0.05) is 13.5 Å². The van der Waals surface area contributed by atoms with Gasteiger partial charge in [0.1, 0.15) is 11.8 Å². The third-order valence-corrected chi connectivity index (χ3v) is 9.91. The summed E-state index contributed by atoms with van der Waals surface area (Å²) in [4.78, 5) is 39.4. The summed E-state index contributed by atoms with van der Waals surface area (Å²) in [5, 5.41) is 0. The number of amides is 2. The number of allylic oxidation sites excluding steroid dienone is 1. The molecule has 4 rings (SSSR count). The van der Waals surface area contributed by atoms with E-state index in [0.29, 0.717) is 23.2 Å². The van der Waals surface area contributed by atoms with Crippen LogP contribution >= 0.6 is 0 Å². The van der Waals surface area contributed by atoms with Gasteiger partial charge in [-0.3, -0.25) is 14.4 Å². The van der Waals surface area contributed by atoms with Crippen LogP contribution in [0.1, 0.15) is 67.7 Å². The van der Waals surface area contributed by atoms with E-state index < -0.39 is 33.8 Å². The van der Waals surface area contributed by atoms with Gasteiger partial charge in [0.05, 0.1) is 17.0 Å². The highest BCUT2D eigenvalue weighted by Gasteiger charge is 2.47. The van der Waals surface area contributed by atoms with Crippen LogP contribution in [0.2, 0.25) is 0 Å². The quantitative estimate of drug-likeness (QED) is 0.196. The smallest absolute Gasteiger partial charge is 0.308 e. The second-order valence-electron chi connectivity index (χ2n) is 10.4. The van der Waals surface area contributed by atoms with Gasteiger partial charge in [-0.15, -0.1) is 0 Å². The molecule has 1 saturated heterocycles. The lowest BCUT2D eigenvalue weighted by Crippen LogP contribution is -2.46. The van der Waals surface area contributed by atoms with Crippen molar-refractivity contribution in [2.45, 2.75) is 84.1 Å². The summed E-state index contributed by atoms with van der Waals surface area (Å²) < 4.78 is 35.0. The number of anilines is 1. The normalized spacial score (nSPS) is 18.1. The van der Waals surface area contributed by atoms with E-state index in [1.165, 1.54) is 41.1 Å². The van der Waals surface area contributed by atoms with Crippen LogP contribution in [0.4, 0.5) is 5.69 Å². The molecule has 9 heteroatoms. The standard InChI is InChI=1S/C30H36N2O6S/c1-19-17-20(2)22(4)29(21(19)3)39(36,37)31(16-15-24-9-7-6-8-10-24)27-18-28(34)32(30(27)35)25-11-13-26(14-12-25)38-23(5)33/h9,11-14,17,27H,6-8,10,15-16,18H2,1-5H3. The Kier molecular flexibility index (Phi) is 8.42. The first-order chi connectivity index (χ1) is 18.4. The summed E-state index contributed by atoms with van der Waals surface area (Å²) in [6.45, 7) is 8.73. The maximum Gasteiger partial charge on any atom is 0.308 e. The van der Waals surface area contributed by atoms with Gasteiger partial charge >= 0.3 is 5.97 Å². The lowest BCUT2D eigenvalue weighted by Gasteiger charge is -2.29. The Morgan fingerprint density at radius 3 is 2.23 bits per heavy atom. The molecule has 0 saturated carbocycles. The second kappa shape index (κ2) is 11.4. The van der Waals surface area contributed by atoms with Crippen LogP contribution in [-0.2, 0) is 24.4 Å². The summed E-state index contributed by atoms with van der Waals surface area (Å²) in [5.74, 6) is -1.26. The van der Waals surface area contributed by atoms with E-state index in [9.17, 15) is 22.8 Å². The minimum atomic E-state index is -4.12. The lowest BCUT2D eigenvalue weighted by molar-refractivity contribution is -0.132. The average Bonchev–Trinajstić information content (AvgIpc) is 3.17. The van der Waals surface area contributed by atoms with Gasteiger partial charge in [-0.2, -0.15) is 4.31 Å². The number of benzene rings is 2. The Balaban J connectivity index is 1.73. The SMILES string of the molecule is CC(=O)Oc1ccc(N2C(=O)CC(N(CCC3=CCCCC3)S(=O)(=O)c3c(C)c(C)cc(C)c3C)C2=O)cc1. The zero-order valence-corrected chi connectivity index (χ0v) is 24.1. The Hall–Kier alpha value is -3.30. The van der Waals surface area contributed by atoms with Crippen molar-refractivity contribution >= 4 is 33.5 Å². The summed E-state index contributed by atoms with van der Waals surface area (Å²) in [7, 11) is -4.12. The molecular formula is C30H36N2O6S. The van der Waals surface area contributed by atoms with E-state index in [1.807, 2.05) is 19.9 Å². The largest absolute Gasteiger partial charge is 0.427 e. The number of carbonyl (C=O) groups excluding carboxylic acids is 3. The average molecular weight is 553 g/mol. The molecule has 208 valence electrons. The fraction of sp³-hybridized carbons (Fsp3) is 0.433. The number of rotatable bonds is 8. The predicted molar refractivity (Wildman–Crippen MR) is 149 cm³/mol. The van der Waals surface area contributed by atoms with Gasteiger partial charge < -0.3 is 4.74 Å². The molecule has 39 heavy (non-hydrogen) atoms. The zero-order chi connectivity index (χ0) is 28.5. The van der Waals surface area contributed by atoms with E-state index in [4.69, 9.17) is 4.74 Å². The van der Waals surface area contributed by atoms with Gasteiger partial charge in [-0.1, -0.05) is 17.7 Å². The number of hydrogen-bond acceptors (Lipinski definition) is 6. The molecule has 2 aromatic rings. The van der Waals surface area contributed by atoms with Gasteiger partial charge in [0.25, 0.3) is 5.91 Å². The molecule has 1 aliphatic heterocycles. The molecule has 0 spiro atoms. The molecule has 0 radical (unpaired) electrons. The molecule has 0 bridgehead atoms. The van der Waals surface area contributed by atoms with E-state index in [-0.39, 0.29) is 23.6 Å². The highest BCUT2D eigenvalue weighted by atomic mass is 32.2. The fourth-order valence-corrected chi connectivity index (χ4v) is 7.62. The highest BCUT2D eigenvalue weighted by molar-refractivity contribution is 7.89. The van der Waals surface area contributed by atoms with Crippen LogP contribution in [0.25, 0.3) is 0 Å².